The van der Waals surface area contributed by atoms with E-state index in [0.29, 0.717) is 29.9 Å². The minimum atomic E-state index is -1.04. The molecule has 33 heavy (non-hydrogen) atoms. The van der Waals surface area contributed by atoms with Crippen LogP contribution >= 0.6 is 0 Å². The van der Waals surface area contributed by atoms with E-state index in [2.05, 4.69) is 0 Å². The molecule has 4 rings (SSSR count). The normalized spacial score (nSPS) is 18.6. The molecule has 0 atom stereocenters. The molecule has 6 heteroatoms. The number of benzene rings is 3. The van der Waals surface area contributed by atoms with Crippen molar-refractivity contribution in [3.63, 3.8) is 0 Å². The van der Waals surface area contributed by atoms with Crippen LogP contribution in [0.1, 0.15) is 32.1 Å². The molecule has 0 aliphatic carbocycles. The third kappa shape index (κ3) is 5.13. The van der Waals surface area contributed by atoms with Gasteiger partial charge in [0, 0.05) is 17.0 Å². The van der Waals surface area contributed by atoms with Crippen LogP contribution in [0.15, 0.2) is 66.9 Å². The van der Waals surface area contributed by atoms with Crippen LogP contribution in [0.2, 0.25) is 0 Å². The summed E-state index contributed by atoms with van der Waals surface area (Å²) in [6.45, 7) is 4.96. The van der Waals surface area contributed by atoms with Crippen molar-refractivity contribution in [1.82, 2.24) is 0 Å². The number of hydrogen-bond donors (Lipinski definition) is 0. The fraction of sp³-hybridized carbons (Fsp3) is 0.259. The minimum Gasteiger partial charge on any atom is -0.462 e. The molecule has 3 aromatic rings. The van der Waals surface area contributed by atoms with Gasteiger partial charge in [-0.15, -0.1) is 0 Å². The first-order valence-electron chi connectivity index (χ1n) is 10.9. The van der Waals surface area contributed by atoms with Crippen LogP contribution in [0.5, 0.6) is 5.75 Å². The highest BCUT2D eigenvalue weighted by Crippen LogP contribution is 2.33. The van der Waals surface area contributed by atoms with E-state index in [1.54, 1.807) is 42.5 Å². The van der Waals surface area contributed by atoms with Gasteiger partial charge in [-0.05, 0) is 47.4 Å². The summed E-state index contributed by atoms with van der Waals surface area (Å²) in [4.78, 5) is 0. The van der Waals surface area contributed by atoms with Crippen molar-refractivity contribution in [1.29, 1.82) is 0 Å². The van der Waals surface area contributed by atoms with E-state index in [1.807, 2.05) is 13.8 Å². The van der Waals surface area contributed by atoms with Crippen LogP contribution in [0, 0.1) is 23.4 Å². The van der Waals surface area contributed by atoms with Gasteiger partial charge in [-0.25, -0.2) is 8.78 Å². The maximum absolute atomic E-state index is 14.7. The summed E-state index contributed by atoms with van der Waals surface area (Å²) in [6, 6.07) is 14.6. The molecule has 172 valence electrons. The fourth-order valence-corrected chi connectivity index (χ4v) is 3.58. The summed E-state index contributed by atoms with van der Waals surface area (Å²) in [5, 5.41) is 0. The third-order valence-corrected chi connectivity index (χ3v) is 5.42. The van der Waals surface area contributed by atoms with Gasteiger partial charge in [0.2, 0.25) is 5.82 Å². The van der Waals surface area contributed by atoms with Gasteiger partial charge in [0.15, 0.2) is 17.9 Å². The Hall–Kier alpha value is -3.09. The molecule has 1 heterocycles. The summed E-state index contributed by atoms with van der Waals surface area (Å²) in [5.41, 5.74) is 2.38. The van der Waals surface area contributed by atoms with Gasteiger partial charge >= 0.3 is 0 Å². The lowest BCUT2D eigenvalue weighted by Crippen LogP contribution is -2.25. The van der Waals surface area contributed by atoms with Crippen molar-refractivity contribution in [2.45, 2.75) is 26.6 Å². The lowest BCUT2D eigenvalue weighted by Gasteiger charge is -2.27. The van der Waals surface area contributed by atoms with Crippen LogP contribution in [0.25, 0.3) is 22.3 Å². The van der Waals surface area contributed by atoms with E-state index in [4.69, 9.17) is 14.2 Å². The zero-order valence-corrected chi connectivity index (χ0v) is 18.5. The summed E-state index contributed by atoms with van der Waals surface area (Å²) >= 11 is 0. The van der Waals surface area contributed by atoms with Crippen LogP contribution in [0.3, 0.4) is 0 Å². The number of rotatable bonds is 6. The Morgan fingerprint density at radius 1 is 0.879 bits per heavy atom. The molecule has 3 nitrogen and oxygen atoms in total. The molecule has 0 saturated carbocycles. The first kappa shape index (κ1) is 23.1. The van der Waals surface area contributed by atoms with Crippen molar-refractivity contribution < 1.29 is 27.4 Å². The summed E-state index contributed by atoms with van der Waals surface area (Å²) in [7, 11) is 0. The van der Waals surface area contributed by atoms with Crippen LogP contribution in [-0.4, -0.2) is 13.2 Å². The molecular formula is C27H25F3O3. The van der Waals surface area contributed by atoms with Gasteiger partial charge in [0.25, 0.3) is 0 Å². The number of allylic oxidation sites excluding steroid dienone is 1. The minimum absolute atomic E-state index is 0.119. The van der Waals surface area contributed by atoms with Crippen molar-refractivity contribution in [3.8, 4) is 28.0 Å². The van der Waals surface area contributed by atoms with E-state index < -0.39 is 23.7 Å². The van der Waals surface area contributed by atoms with Crippen molar-refractivity contribution in [2.75, 3.05) is 13.2 Å². The highest BCUT2D eigenvalue weighted by molar-refractivity contribution is 5.71. The quantitative estimate of drug-likeness (QED) is 0.363. The van der Waals surface area contributed by atoms with Gasteiger partial charge < -0.3 is 14.2 Å². The standard InChI is InChI=1S/C27H25F3O3/c1-3-4-13-31-24-12-11-21(25(29)26(24)30)19-7-5-18(6-8-19)20-9-10-22(23(28)14-20)27-32-15-17(2)16-33-27/h4-14,17,27H,3,15-16H2,1-2H3/b13-4-. The van der Waals surface area contributed by atoms with Gasteiger partial charge in [-0.1, -0.05) is 50.2 Å². The Balaban J connectivity index is 1.53. The third-order valence-electron chi connectivity index (χ3n) is 5.42. The van der Waals surface area contributed by atoms with E-state index in [-0.39, 0.29) is 17.2 Å². The molecule has 1 saturated heterocycles. The van der Waals surface area contributed by atoms with Crippen molar-refractivity contribution in [3.05, 3.63) is 90.0 Å². The first-order valence-corrected chi connectivity index (χ1v) is 10.9. The molecule has 0 amide bonds. The Bertz CT molecular complexity index is 1130. The van der Waals surface area contributed by atoms with Crippen molar-refractivity contribution in [2.24, 2.45) is 5.92 Å². The molecule has 1 aliphatic heterocycles. The zero-order valence-electron chi connectivity index (χ0n) is 18.5. The predicted octanol–water partition coefficient (Wildman–Crippen LogP) is 7.42. The van der Waals surface area contributed by atoms with Crippen molar-refractivity contribution >= 4 is 0 Å². The van der Waals surface area contributed by atoms with Gasteiger partial charge in [-0.2, -0.15) is 4.39 Å². The second kappa shape index (κ2) is 10.2. The number of hydrogen-bond acceptors (Lipinski definition) is 3. The summed E-state index contributed by atoms with van der Waals surface area (Å²) < 4.78 is 60.1. The Morgan fingerprint density at radius 3 is 2.21 bits per heavy atom. The van der Waals surface area contributed by atoms with E-state index >= 15 is 0 Å². The molecule has 1 fully saturated rings. The molecule has 0 aromatic heterocycles. The SMILES string of the molecule is CC/C=C\Oc1ccc(-c2ccc(-c3ccc(C4OCC(C)CO4)c(F)c3)cc2)c(F)c1F. The fourth-order valence-electron chi connectivity index (χ4n) is 3.58. The Labute approximate surface area is 191 Å². The predicted molar refractivity (Wildman–Crippen MR) is 121 cm³/mol. The summed E-state index contributed by atoms with van der Waals surface area (Å²) in [5.74, 6) is -2.34. The van der Waals surface area contributed by atoms with E-state index in [9.17, 15) is 13.2 Å². The highest BCUT2D eigenvalue weighted by Gasteiger charge is 2.24. The lowest BCUT2D eigenvalue weighted by atomic mass is 9.98. The van der Waals surface area contributed by atoms with Gasteiger partial charge in [0.1, 0.15) is 5.82 Å². The van der Waals surface area contributed by atoms with E-state index in [0.717, 1.165) is 12.0 Å². The van der Waals surface area contributed by atoms with E-state index in [1.165, 1.54) is 24.5 Å². The second-order valence-corrected chi connectivity index (χ2v) is 8.05. The average molecular weight is 454 g/mol. The highest BCUT2D eigenvalue weighted by atomic mass is 19.2. The molecule has 0 radical (unpaired) electrons. The maximum atomic E-state index is 14.7. The number of halogens is 3. The largest absolute Gasteiger partial charge is 0.462 e. The molecule has 0 unspecified atom stereocenters. The van der Waals surface area contributed by atoms with Crippen LogP contribution < -0.4 is 4.74 Å². The molecule has 0 bridgehead atoms. The van der Waals surface area contributed by atoms with Gasteiger partial charge in [0.05, 0.1) is 19.5 Å². The number of ether oxygens (including phenoxy) is 3. The molecular weight excluding hydrogens is 429 g/mol. The lowest BCUT2D eigenvalue weighted by molar-refractivity contribution is -0.203. The molecule has 1 aliphatic rings. The molecule has 0 spiro atoms. The van der Waals surface area contributed by atoms with Crippen LogP contribution in [0.4, 0.5) is 13.2 Å². The smallest absolute Gasteiger partial charge is 0.201 e. The summed E-state index contributed by atoms with van der Waals surface area (Å²) in [6.07, 6.45) is 3.06. The topological polar surface area (TPSA) is 27.7 Å². The zero-order chi connectivity index (χ0) is 23.4. The maximum Gasteiger partial charge on any atom is 0.201 e. The molecule has 3 aromatic carbocycles. The Morgan fingerprint density at radius 2 is 1.55 bits per heavy atom. The van der Waals surface area contributed by atoms with Crippen LogP contribution in [-0.2, 0) is 9.47 Å². The van der Waals surface area contributed by atoms with Gasteiger partial charge in [-0.3, -0.25) is 0 Å². The second-order valence-electron chi connectivity index (χ2n) is 8.05. The first-order chi connectivity index (χ1) is 16.0. The monoisotopic (exact) mass is 454 g/mol. The molecule has 0 N–H and O–H groups in total. The average Bonchev–Trinajstić information content (AvgIpc) is 2.83. The Kier molecular flexibility index (Phi) is 7.16.